The highest BCUT2D eigenvalue weighted by Crippen LogP contribution is 2.37. The number of aromatic nitrogens is 1. The molecule has 0 unspecified atom stereocenters. The lowest BCUT2D eigenvalue weighted by Gasteiger charge is -2.12. The van der Waals surface area contributed by atoms with E-state index < -0.39 is 10.0 Å². The van der Waals surface area contributed by atoms with E-state index in [2.05, 4.69) is 10.5 Å². The summed E-state index contributed by atoms with van der Waals surface area (Å²) >= 11 is 12.0. The summed E-state index contributed by atoms with van der Waals surface area (Å²) in [5.41, 5.74) is 1.38. The van der Waals surface area contributed by atoms with Crippen LogP contribution in [0.15, 0.2) is 76.9 Å². The van der Waals surface area contributed by atoms with Gasteiger partial charge in [-0.25, -0.2) is 12.4 Å². The van der Waals surface area contributed by atoms with Crippen LogP contribution >= 0.6 is 23.2 Å². The van der Waals surface area contributed by atoms with Crippen molar-refractivity contribution in [3.63, 3.8) is 0 Å². The van der Waals surface area contributed by atoms with Crippen LogP contribution in [-0.4, -0.2) is 19.5 Å². The highest BCUT2D eigenvalue weighted by molar-refractivity contribution is 7.90. The van der Waals surface area contributed by atoms with Gasteiger partial charge in [-0.15, -0.1) is 4.91 Å². The Labute approximate surface area is 188 Å². The number of nitroso groups, excluding NO2 is 1. The number of benzene rings is 3. The van der Waals surface area contributed by atoms with Gasteiger partial charge >= 0.3 is 0 Å². The zero-order chi connectivity index (χ0) is 22.2. The lowest BCUT2D eigenvalue weighted by atomic mass is 10.2. The van der Waals surface area contributed by atoms with E-state index in [1.165, 1.54) is 31.5 Å². The molecule has 1 aromatic heterocycles. The highest BCUT2D eigenvalue weighted by Gasteiger charge is 2.22. The third-order valence-corrected chi connectivity index (χ3v) is 7.14. The van der Waals surface area contributed by atoms with Crippen molar-refractivity contribution in [2.75, 3.05) is 12.4 Å². The molecule has 4 rings (SSSR count). The average Bonchev–Trinajstić information content (AvgIpc) is 3.23. The predicted octanol–water partition coefficient (Wildman–Crippen LogP) is 6.34. The van der Waals surface area contributed by atoms with Crippen LogP contribution in [-0.2, 0) is 10.0 Å². The monoisotopic (exact) mass is 475 g/mol. The second-order valence-corrected chi connectivity index (χ2v) is 9.16. The number of methoxy groups -OCH3 is 1. The molecular formula is C21H15Cl2N3O4S. The summed E-state index contributed by atoms with van der Waals surface area (Å²) in [6.07, 6.45) is 1.39. The second-order valence-electron chi connectivity index (χ2n) is 6.53. The van der Waals surface area contributed by atoms with E-state index in [0.717, 1.165) is 3.97 Å². The Morgan fingerprint density at radius 1 is 0.968 bits per heavy atom. The highest BCUT2D eigenvalue weighted by atomic mass is 35.5. The zero-order valence-electron chi connectivity index (χ0n) is 16.0. The number of ether oxygens (including phenoxy) is 1. The maximum atomic E-state index is 13.3. The summed E-state index contributed by atoms with van der Waals surface area (Å²) in [7, 11) is -2.49. The predicted molar refractivity (Wildman–Crippen MR) is 123 cm³/mol. The Morgan fingerprint density at radius 2 is 1.71 bits per heavy atom. The molecule has 3 aromatic carbocycles. The molecular weight excluding hydrogens is 461 g/mol. The smallest absolute Gasteiger partial charge is 0.268 e. The Morgan fingerprint density at radius 3 is 2.35 bits per heavy atom. The fourth-order valence-electron chi connectivity index (χ4n) is 3.19. The van der Waals surface area contributed by atoms with Gasteiger partial charge in [0.05, 0.1) is 27.6 Å². The van der Waals surface area contributed by atoms with Crippen molar-refractivity contribution >= 4 is 61.2 Å². The van der Waals surface area contributed by atoms with Crippen molar-refractivity contribution in [2.45, 2.75) is 4.90 Å². The molecule has 7 nitrogen and oxygen atoms in total. The van der Waals surface area contributed by atoms with Crippen molar-refractivity contribution in [3.05, 3.63) is 81.8 Å². The van der Waals surface area contributed by atoms with E-state index in [-0.39, 0.29) is 16.1 Å². The number of nitrogens with zero attached hydrogens (tertiary/aromatic N) is 2. The number of nitrogens with one attached hydrogen (secondary N) is 1. The Hall–Kier alpha value is -3.07. The van der Waals surface area contributed by atoms with Gasteiger partial charge in [-0.1, -0.05) is 23.2 Å². The van der Waals surface area contributed by atoms with E-state index in [4.69, 9.17) is 27.9 Å². The van der Waals surface area contributed by atoms with Crippen molar-refractivity contribution < 1.29 is 13.2 Å². The number of hydrogen-bond acceptors (Lipinski definition) is 6. The van der Waals surface area contributed by atoms with E-state index in [1.807, 2.05) is 0 Å². The standard InChI is InChI=1S/C21H15Cl2N3O4S/c1-30-14-3-5-15(6-4-14)31(28,29)26-11-10-16-19(8-9-20(25-27)21(16)26)24-13-2-7-17(22)18(23)12-13/h2-12,24H,1H3. The van der Waals surface area contributed by atoms with E-state index in [1.54, 1.807) is 42.5 Å². The number of halogens is 2. The molecule has 1 N–H and O–H groups in total. The lowest BCUT2D eigenvalue weighted by molar-refractivity contribution is 0.414. The van der Waals surface area contributed by atoms with Gasteiger partial charge in [-0.3, -0.25) is 0 Å². The minimum atomic E-state index is -3.99. The van der Waals surface area contributed by atoms with Crippen molar-refractivity contribution in [3.8, 4) is 5.75 Å². The maximum Gasteiger partial charge on any atom is 0.268 e. The van der Waals surface area contributed by atoms with Gasteiger partial charge in [0.25, 0.3) is 10.0 Å². The molecule has 4 aromatic rings. The Bertz CT molecular complexity index is 1400. The summed E-state index contributed by atoms with van der Waals surface area (Å²) < 4.78 is 32.6. The molecule has 0 aliphatic heterocycles. The molecule has 0 saturated carbocycles. The van der Waals surface area contributed by atoms with E-state index in [0.29, 0.717) is 32.6 Å². The molecule has 0 aliphatic carbocycles. The van der Waals surface area contributed by atoms with Gasteiger partial charge in [0.15, 0.2) is 0 Å². The van der Waals surface area contributed by atoms with Crippen LogP contribution in [0.1, 0.15) is 0 Å². The zero-order valence-corrected chi connectivity index (χ0v) is 18.4. The van der Waals surface area contributed by atoms with Gasteiger partial charge in [0.2, 0.25) is 0 Å². The van der Waals surface area contributed by atoms with Crippen molar-refractivity contribution in [2.24, 2.45) is 5.18 Å². The first kappa shape index (κ1) is 21.2. The lowest BCUT2D eigenvalue weighted by Crippen LogP contribution is -2.11. The molecule has 0 amide bonds. The van der Waals surface area contributed by atoms with Crippen LogP contribution in [0, 0.1) is 4.91 Å². The SMILES string of the molecule is COc1ccc(S(=O)(=O)n2ccc3c(Nc4ccc(Cl)c(Cl)c4)ccc(N=O)c32)cc1. The second kappa shape index (κ2) is 8.22. The van der Waals surface area contributed by atoms with Gasteiger partial charge in [0.1, 0.15) is 11.4 Å². The third-order valence-electron chi connectivity index (χ3n) is 4.71. The van der Waals surface area contributed by atoms with Crippen LogP contribution in [0.5, 0.6) is 5.75 Å². The van der Waals surface area contributed by atoms with Gasteiger partial charge in [-0.05, 0) is 65.8 Å². The summed E-state index contributed by atoms with van der Waals surface area (Å²) in [6, 6.07) is 15.7. The Balaban J connectivity index is 1.85. The fourth-order valence-corrected chi connectivity index (χ4v) is 4.85. The normalized spacial score (nSPS) is 11.5. The average molecular weight is 476 g/mol. The van der Waals surface area contributed by atoms with Crippen LogP contribution in [0.4, 0.5) is 17.1 Å². The quantitative estimate of drug-likeness (QED) is 0.328. The van der Waals surface area contributed by atoms with E-state index >= 15 is 0 Å². The summed E-state index contributed by atoms with van der Waals surface area (Å²) in [4.78, 5) is 11.5. The summed E-state index contributed by atoms with van der Waals surface area (Å²) in [6.45, 7) is 0. The fraction of sp³-hybridized carbons (Fsp3) is 0.0476. The molecule has 0 fully saturated rings. The largest absolute Gasteiger partial charge is 0.497 e. The van der Waals surface area contributed by atoms with Gasteiger partial charge < -0.3 is 10.1 Å². The molecule has 31 heavy (non-hydrogen) atoms. The van der Waals surface area contributed by atoms with Crippen molar-refractivity contribution in [1.29, 1.82) is 0 Å². The van der Waals surface area contributed by atoms with Crippen LogP contribution < -0.4 is 10.1 Å². The first-order valence-corrected chi connectivity index (χ1v) is 11.1. The Kier molecular flexibility index (Phi) is 5.62. The molecule has 0 bridgehead atoms. The molecule has 0 saturated heterocycles. The molecule has 10 heteroatoms. The van der Waals surface area contributed by atoms with Gasteiger partial charge in [-0.2, -0.15) is 0 Å². The van der Waals surface area contributed by atoms with Crippen LogP contribution in [0.25, 0.3) is 10.9 Å². The molecule has 158 valence electrons. The topological polar surface area (TPSA) is 89.8 Å². The third kappa shape index (κ3) is 3.85. The van der Waals surface area contributed by atoms with E-state index in [9.17, 15) is 13.3 Å². The molecule has 1 heterocycles. The first-order valence-electron chi connectivity index (χ1n) is 8.94. The molecule has 0 aliphatic rings. The molecule has 0 atom stereocenters. The van der Waals surface area contributed by atoms with Gasteiger partial charge in [0, 0.05) is 23.0 Å². The first-order chi connectivity index (χ1) is 14.8. The summed E-state index contributed by atoms with van der Waals surface area (Å²) in [5, 5.41) is 7.47. The molecule has 0 spiro atoms. The van der Waals surface area contributed by atoms with Crippen LogP contribution in [0.3, 0.4) is 0 Å². The minimum absolute atomic E-state index is 0.00299. The number of rotatable bonds is 6. The van der Waals surface area contributed by atoms with Crippen molar-refractivity contribution in [1.82, 2.24) is 3.97 Å². The molecule has 0 radical (unpaired) electrons. The number of fused-ring (bicyclic) bond motifs is 1. The maximum absolute atomic E-state index is 13.3. The van der Waals surface area contributed by atoms with Crippen LogP contribution in [0.2, 0.25) is 10.0 Å². The minimum Gasteiger partial charge on any atom is -0.497 e. The number of anilines is 2. The summed E-state index contributed by atoms with van der Waals surface area (Å²) in [5.74, 6) is 0.527. The number of hydrogen-bond donors (Lipinski definition) is 1.